The molecule has 0 aromatic heterocycles. The first-order valence-corrected chi connectivity index (χ1v) is 6.39. The first-order valence-electron chi connectivity index (χ1n) is 6.39. The molecular formula is C14H20N2O2. The minimum Gasteiger partial charge on any atom is -0.481 e. The van der Waals surface area contributed by atoms with Crippen LogP contribution in [0.3, 0.4) is 0 Å². The molecule has 3 N–H and O–H groups in total. The second-order valence-corrected chi connectivity index (χ2v) is 4.90. The molecule has 1 aromatic rings. The van der Waals surface area contributed by atoms with Crippen LogP contribution in [-0.4, -0.2) is 18.1 Å². The molecule has 0 heterocycles. The van der Waals surface area contributed by atoms with Gasteiger partial charge in [0.25, 0.3) is 5.91 Å². The fourth-order valence-corrected chi connectivity index (χ4v) is 1.67. The van der Waals surface area contributed by atoms with Gasteiger partial charge in [0.2, 0.25) is 0 Å². The molecule has 4 nitrogen and oxygen atoms in total. The van der Waals surface area contributed by atoms with Crippen LogP contribution in [0.2, 0.25) is 0 Å². The zero-order valence-corrected chi connectivity index (χ0v) is 10.8. The fourth-order valence-electron chi connectivity index (χ4n) is 1.67. The van der Waals surface area contributed by atoms with Crippen LogP contribution >= 0.6 is 0 Å². The van der Waals surface area contributed by atoms with E-state index in [0.29, 0.717) is 11.8 Å². The Hall–Kier alpha value is -1.55. The molecular weight excluding hydrogens is 228 g/mol. The van der Waals surface area contributed by atoms with Crippen molar-refractivity contribution < 1.29 is 9.53 Å². The van der Waals surface area contributed by atoms with Crippen molar-refractivity contribution in [3.63, 3.8) is 0 Å². The average molecular weight is 248 g/mol. The average Bonchev–Trinajstić information content (AvgIpc) is 3.13. The Morgan fingerprint density at radius 1 is 1.44 bits per heavy atom. The Bertz CT molecular complexity index is 428. The van der Waals surface area contributed by atoms with Gasteiger partial charge in [-0.05, 0) is 44.4 Å². The molecule has 1 unspecified atom stereocenters. The highest BCUT2D eigenvalue weighted by molar-refractivity contribution is 5.81. The van der Waals surface area contributed by atoms with E-state index >= 15 is 0 Å². The summed E-state index contributed by atoms with van der Waals surface area (Å²) in [5.41, 5.74) is 6.81. The lowest BCUT2D eigenvalue weighted by molar-refractivity contribution is -0.127. The van der Waals surface area contributed by atoms with Gasteiger partial charge in [-0.1, -0.05) is 12.1 Å². The van der Waals surface area contributed by atoms with Crippen LogP contribution in [0.15, 0.2) is 24.3 Å². The summed E-state index contributed by atoms with van der Waals surface area (Å²) in [6.45, 7) is 3.68. The Balaban J connectivity index is 1.94. The van der Waals surface area contributed by atoms with Crippen molar-refractivity contribution in [1.82, 2.24) is 5.32 Å². The van der Waals surface area contributed by atoms with Crippen LogP contribution in [-0.2, 0) is 4.79 Å². The zero-order chi connectivity index (χ0) is 13.1. The van der Waals surface area contributed by atoms with E-state index in [1.807, 2.05) is 31.2 Å². The summed E-state index contributed by atoms with van der Waals surface area (Å²) in [5.74, 6) is 0.631. The van der Waals surface area contributed by atoms with Gasteiger partial charge in [-0.15, -0.1) is 0 Å². The summed E-state index contributed by atoms with van der Waals surface area (Å²) in [5, 5.41) is 2.92. The molecule has 0 saturated heterocycles. The quantitative estimate of drug-likeness (QED) is 0.834. The van der Waals surface area contributed by atoms with Crippen molar-refractivity contribution in [2.75, 3.05) is 0 Å². The van der Waals surface area contributed by atoms with Gasteiger partial charge in [0.1, 0.15) is 5.75 Å². The second kappa shape index (κ2) is 5.40. The number of carbonyl (C=O) groups is 1. The van der Waals surface area contributed by atoms with Crippen LogP contribution in [0.5, 0.6) is 5.75 Å². The van der Waals surface area contributed by atoms with E-state index in [2.05, 4.69) is 5.32 Å². The van der Waals surface area contributed by atoms with Crippen LogP contribution < -0.4 is 15.8 Å². The predicted molar refractivity (Wildman–Crippen MR) is 70.3 cm³/mol. The summed E-state index contributed by atoms with van der Waals surface area (Å²) in [6.07, 6.45) is 1.69. The largest absolute Gasteiger partial charge is 0.481 e. The van der Waals surface area contributed by atoms with E-state index in [1.54, 1.807) is 6.92 Å². The number of carbonyl (C=O) groups excluding carboxylic acids is 1. The molecule has 1 amide bonds. The summed E-state index contributed by atoms with van der Waals surface area (Å²) in [6, 6.07) is 7.88. The molecule has 1 fully saturated rings. The van der Waals surface area contributed by atoms with E-state index in [0.717, 1.165) is 18.4 Å². The lowest BCUT2D eigenvalue weighted by Crippen LogP contribution is -2.37. The van der Waals surface area contributed by atoms with E-state index in [-0.39, 0.29) is 11.9 Å². The van der Waals surface area contributed by atoms with Crippen LogP contribution in [0, 0.1) is 0 Å². The highest BCUT2D eigenvalue weighted by atomic mass is 16.5. The number of nitrogens with one attached hydrogen (secondary N) is 1. The van der Waals surface area contributed by atoms with E-state index in [4.69, 9.17) is 10.5 Å². The van der Waals surface area contributed by atoms with Crippen molar-refractivity contribution >= 4 is 5.91 Å². The van der Waals surface area contributed by atoms with Crippen molar-refractivity contribution in [2.24, 2.45) is 5.73 Å². The maximum atomic E-state index is 11.8. The molecule has 98 valence electrons. The van der Waals surface area contributed by atoms with Gasteiger partial charge in [0.05, 0.1) is 0 Å². The number of amides is 1. The van der Waals surface area contributed by atoms with Gasteiger partial charge in [-0.25, -0.2) is 0 Å². The summed E-state index contributed by atoms with van der Waals surface area (Å²) >= 11 is 0. The number of nitrogens with two attached hydrogens (primary N) is 1. The van der Waals surface area contributed by atoms with Crippen molar-refractivity contribution in [2.45, 2.75) is 44.9 Å². The second-order valence-electron chi connectivity index (χ2n) is 4.90. The first-order chi connectivity index (χ1) is 8.56. The predicted octanol–water partition coefficient (Wildman–Crippen LogP) is 1.75. The molecule has 0 bridgehead atoms. The van der Waals surface area contributed by atoms with Crippen LogP contribution in [0.1, 0.15) is 38.3 Å². The Morgan fingerprint density at radius 3 is 2.78 bits per heavy atom. The van der Waals surface area contributed by atoms with Gasteiger partial charge in [0, 0.05) is 12.1 Å². The van der Waals surface area contributed by atoms with Crippen molar-refractivity contribution in [3.05, 3.63) is 29.8 Å². The minimum atomic E-state index is -0.478. The maximum absolute atomic E-state index is 11.8. The Labute approximate surface area is 108 Å². The lowest BCUT2D eigenvalue weighted by atomic mass is 10.1. The highest BCUT2D eigenvalue weighted by Crippen LogP contribution is 2.21. The van der Waals surface area contributed by atoms with Crippen molar-refractivity contribution in [3.8, 4) is 5.75 Å². The highest BCUT2D eigenvalue weighted by Gasteiger charge is 2.26. The molecule has 1 aliphatic carbocycles. The Kier molecular flexibility index (Phi) is 3.87. The zero-order valence-electron chi connectivity index (χ0n) is 10.8. The molecule has 0 aliphatic heterocycles. The molecule has 0 spiro atoms. The number of rotatable bonds is 5. The van der Waals surface area contributed by atoms with Crippen LogP contribution in [0.4, 0.5) is 0 Å². The third-order valence-electron chi connectivity index (χ3n) is 2.99. The summed E-state index contributed by atoms with van der Waals surface area (Å²) in [4.78, 5) is 11.8. The molecule has 1 aliphatic rings. The number of hydrogen-bond donors (Lipinski definition) is 2. The van der Waals surface area contributed by atoms with Gasteiger partial charge in [0.15, 0.2) is 6.10 Å². The minimum absolute atomic E-state index is 0.0378. The standard InChI is InChI=1S/C14H20N2O2/c1-9(15)11-4-3-5-13(8-11)18-10(2)14(17)16-12-6-7-12/h3-5,8-10,12H,6-7,15H2,1-2H3,(H,16,17)/t9-,10?/m1/s1. The smallest absolute Gasteiger partial charge is 0.260 e. The van der Waals surface area contributed by atoms with E-state index in [9.17, 15) is 4.79 Å². The molecule has 1 aromatic carbocycles. The first kappa shape index (κ1) is 12.9. The molecule has 1 saturated carbocycles. The molecule has 2 atom stereocenters. The summed E-state index contributed by atoms with van der Waals surface area (Å²) < 4.78 is 5.63. The van der Waals surface area contributed by atoms with E-state index in [1.165, 1.54) is 0 Å². The SMILES string of the molecule is CC(Oc1cccc([C@@H](C)N)c1)C(=O)NC1CC1. The fraction of sp³-hybridized carbons (Fsp3) is 0.500. The van der Waals surface area contributed by atoms with Gasteiger partial charge < -0.3 is 15.8 Å². The third-order valence-corrected chi connectivity index (χ3v) is 2.99. The molecule has 0 radical (unpaired) electrons. The number of ether oxygens (including phenoxy) is 1. The van der Waals surface area contributed by atoms with Crippen molar-refractivity contribution in [1.29, 1.82) is 0 Å². The molecule has 18 heavy (non-hydrogen) atoms. The lowest BCUT2D eigenvalue weighted by Gasteiger charge is -2.15. The monoisotopic (exact) mass is 248 g/mol. The topological polar surface area (TPSA) is 64.3 Å². The number of hydrogen-bond acceptors (Lipinski definition) is 3. The normalized spacial score (nSPS) is 17.9. The van der Waals surface area contributed by atoms with Crippen LogP contribution in [0.25, 0.3) is 0 Å². The van der Waals surface area contributed by atoms with E-state index < -0.39 is 6.10 Å². The Morgan fingerprint density at radius 2 is 2.17 bits per heavy atom. The van der Waals surface area contributed by atoms with Gasteiger partial charge in [-0.3, -0.25) is 4.79 Å². The maximum Gasteiger partial charge on any atom is 0.260 e. The summed E-state index contributed by atoms with van der Waals surface area (Å²) in [7, 11) is 0. The molecule has 2 rings (SSSR count). The third kappa shape index (κ3) is 3.47. The molecule has 4 heteroatoms. The van der Waals surface area contributed by atoms with Gasteiger partial charge in [-0.2, -0.15) is 0 Å². The van der Waals surface area contributed by atoms with Gasteiger partial charge >= 0.3 is 0 Å². The number of benzene rings is 1.